The van der Waals surface area contributed by atoms with Gasteiger partial charge in [0.15, 0.2) is 0 Å². The molecule has 0 saturated carbocycles. The van der Waals surface area contributed by atoms with Crippen LogP contribution in [0.5, 0.6) is 0 Å². The van der Waals surface area contributed by atoms with E-state index in [-0.39, 0.29) is 5.97 Å². The van der Waals surface area contributed by atoms with E-state index < -0.39 is 0 Å². The number of aromatic nitrogens is 3. The fourth-order valence-electron chi connectivity index (χ4n) is 3.11. The first-order valence-electron chi connectivity index (χ1n) is 8.10. The highest BCUT2D eigenvalue weighted by atomic mass is 16.5. The lowest BCUT2D eigenvalue weighted by Gasteiger charge is -2.36. The summed E-state index contributed by atoms with van der Waals surface area (Å²) in [5.74, 6) is -0.371. The normalized spacial score (nSPS) is 15.5. The number of hydrogen-bond donors (Lipinski definition) is 1. The van der Waals surface area contributed by atoms with Crippen LogP contribution in [-0.2, 0) is 11.3 Å². The molecule has 0 aliphatic carbocycles. The summed E-state index contributed by atoms with van der Waals surface area (Å²) >= 11 is 0. The van der Waals surface area contributed by atoms with Gasteiger partial charge in [0.2, 0.25) is 0 Å². The smallest absolute Gasteiger partial charge is 0.356 e. The van der Waals surface area contributed by atoms with Crippen molar-refractivity contribution >= 4 is 11.7 Å². The molecule has 24 heavy (non-hydrogen) atoms. The van der Waals surface area contributed by atoms with Crippen molar-refractivity contribution < 1.29 is 9.53 Å². The Kier molecular flexibility index (Phi) is 4.80. The van der Waals surface area contributed by atoms with Crippen LogP contribution in [0.3, 0.4) is 0 Å². The number of hydrogen-bond acceptors (Lipinski definition) is 6. The molecule has 0 atom stereocenters. The number of ether oxygens (including phenoxy) is 1. The van der Waals surface area contributed by atoms with E-state index in [2.05, 4.69) is 37.1 Å². The van der Waals surface area contributed by atoms with E-state index in [0.29, 0.717) is 12.2 Å². The molecule has 1 N–H and O–H groups in total. The lowest BCUT2D eigenvalue weighted by molar-refractivity contribution is 0.0591. The summed E-state index contributed by atoms with van der Waals surface area (Å²) in [6, 6.07) is 4.27. The predicted octanol–water partition coefficient (Wildman–Crippen LogP) is 1.53. The lowest BCUT2D eigenvalue weighted by Crippen LogP contribution is -2.46. The average molecular weight is 329 g/mol. The van der Waals surface area contributed by atoms with Crippen molar-refractivity contribution in [3.05, 3.63) is 41.0 Å². The molecule has 0 radical (unpaired) electrons. The van der Waals surface area contributed by atoms with Gasteiger partial charge in [0.25, 0.3) is 0 Å². The van der Waals surface area contributed by atoms with Crippen LogP contribution in [0.4, 0.5) is 5.69 Å². The van der Waals surface area contributed by atoms with Gasteiger partial charge in [-0.25, -0.2) is 4.79 Å². The Bertz CT molecular complexity index is 699. The molecule has 0 amide bonds. The average Bonchev–Trinajstić information content (AvgIpc) is 3.02. The fraction of sp³-hybridized carbons (Fsp3) is 0.471. The second kappa shape index (κ2) is 7.00. The summed E-state index contributed by atoms with van der Waals surface area (Å²) in [5, 5.41) is 6.69. The number of carbonyl (C=O) groups is 1. The van der Waals surface area contributed by atoms with Gasteiger partial charge >= 0.3 is 5.97 Å². The monoisotopic (exact) mass is 329 g/mol. The molecule has 0 spiro atoms. The number of H-pyrrole nitrogens is 1. The zero-order valence-electron chi connectivity index (χ0n) is 14.4. The van der Waals surface area contributed by atoms with Crippen LogP contribution in [0.25, 0.3) is 0 Å². The molecule has 0 aromatic carbocycles. The van der Waals surface area contributed by atoms with Crippen molar-refractivity contribution in [1.82, 2.24) is 20.1 Å². The topological polar surface area (TPSA) is 74.4 Å². The van der Waals surface area contributed by atoms with Crippen LogP contribution >= 0.6 is 0 Å². The molecular weight excluding hydrogens is 306 g/mol. The third kappa shape index (κ3) is 3.56. The molecule has 1 aliphatic heterocycles. The highest BCUT2D eigenvalue weighted by Crippen LogP contribution is 2.19. The standard InChI is InChI=1S/C17H23N5O2/c1-12-8-15(9-13(2)19-12)22-6-4-21(5-7-22)11-14-10-18-20-16(14)17(23)24-3/h8-10H,4-7,11H2,1-3H3,(H,18,20). The minimum absolute atomic E-state index is 0.371. The van der Waals surface area contributed by atoms with Gasteiger partial charge in [0, 0.05) is 55.4 Å². The molecule has 3 rings (SSSR count). The molecule has 1 saturated heterocycles. The van der Waals surface area contributed by atoms with Crippen molar-refractivity contribution in [1.29, 1.82) is 0 Å². The minimum atomic E-state index is -0.371. The van der Waals surface area contributed by atoms with Crippen LogP contribution in [0, 0.1) is 13.8 Å². The molecule has 7 nitrogen and oxygen atoms in total. The number of aromatic amines is 1. The van der Waals surface area contributed by atoms with E-state index >= 15 is 0 Å². The predicted molar refractivity (Wildman–Crippen MR) is 91.1 cm³/mol. The number of nitrogens with zero attached hydrogens (tertiary/aromatic N) is 4. The summed E-state index contributed by atoms with van der Waals surface area (Å²) in [7, 11) is 1.38. The molecule has 0 bridgehead atoms. The number of pyridine rings is 1. The number of piperazine rings is 1. The first-order valence-corrected chi connectivity index (χ1v) is 8.10. The zero-order valence-corrected chi connectivity index (χ0v) is 14.4. The second-order valence-corrected chi connectivity index (χ2v) is 6.13. The third-order valence-electron chi connectivity index (χ3n) is 4.31. The van der Waals surface area contributed by atoms with Gasteiger partial charge in [-0.15, -0.1) is 0 Å². The van der Waals surface area contributed by atoms with E-state index in [4.69, 9.17) is 4.74 Å². The van der Waals surface area contributed by atoms with Gasteiger partial charge in [-0.3, -0.25) is 15.0 Å². The minimum Gasteiger partial charge on any atom is -0.464 e. The SMILES string of the molecule is COC(=O)c1[nH]ncc1CN1CCN(c2cc(C)nc(C)c2)CC1. The Morgan fingerprint density at radius 2 is 1.88 bits per heavy atom. The highest BCUT2D eigenvalue weighted by molar-refractivity contribution is 5.88. The van der Waals surface area contributed by atoms with E-state index in [9.17, 15) is 4.79 Å². The first-order chi connectivity index (χ1) is 11.6. The summed E-state index contributed by atoms with van der Waals surface area (Å²) in [6.45, 7) is 8.53. The van der Waals surface area contributed by atoms with E-state index in [1.54, 1.807) is 6.20 Å². The van der Waals surface area contributed by atoms with Gasteiger partial charge in [0.05, 0.1) is 13.3 Å². The molecule has 1 aliphatic rings. The van der Waals surface area contributed by atoms with Crippen molar-refractivity contribution in [2.75, 3.05) is 38.2 Å². The largest absolute Gasteiger partial charge is 0.464 e. The number of methoxy groups -OCH3 is 1. The second-order valence-electron chi connectivity index (χ2n) is 6.13. The zero-order chi connectivity index (χ0) is 17.1. The van der Waals surface area contributed by atoms with Crippen molar-refractivity contribution in [3.8, 4) is 0 Å². The number of rotatable bonds is 4. The van der Waals surface area contributed by atoms with Gasteiger partial charge < -0.3 is 9.64 Å². The van der Waals surface area contributed by atoms with Crippen LogP contribution < -0.4 is 4.90 Å². The maximum atomic E-state index is 11.7. The van der Waals surface area contributed by atoms with E-state index in [0.717, 1.165) is 43.1 Å². The molecule has 128 valence electrons. The Balaban J connectivity index is 1.61. The Labute approximate surface area is 141 Å². The van der Waals surface area contributed by atoms with Crippen molar-refractivity contribution in [3.63, 3.8) is 0 Å². The summed E-state index contributed by atoms with van der Waals surface area (Å²) in [4.78, 5) is 20.9. The van der Waals surface area contributed by atoms with Crippen LogP contribution in [-0.4, -0.2) is 59.3 Å². The fourth-order valence-corrected chi connectivity index (χ4v) is 3.11. The van der Waals surface area contributed by atoms with Gasteiger partial charge in [-0.1, -0.05) is 0 Å². The summed E-state index contributed by atoms with van der Waals surface area (Å²) < 4.78 is 4.78. The van der Waals surface area contributed by atoms with Crippen molar-refractivity contribution in [2.45, 2.75) is 20.4 Å². The number of nitrogens with one attached hydrogen (secondary N) is 1. The quantitative estimate of drug-likeness (QED) is 0.858. The maximum Gasteiger partial charge on any atom is 0.356 e. The Morgan fingerprint density at radius 3 is 2.50 bits per heavy atom. The van der Waals surface area contributed by atoms with Gasteiger partial charge in [-0.05, 0) is 26.0 Å². The Hall–Kier alpha value is -2.41. The maximum absolute atomic E-state index is 11.7. The molecule has 0 unspecified atom stereocenters. The molecular formula is C17H23N5O2. The Morgan fingerprint density at radius 1 is 1.21 bits per heavy atom. The van der Waals surface area contributed by atoms with Gasteiger partial charge in [-0.2, -0.15) is 5.10 Å². The number of esters is 1. The third-order valence-corrected chi connectivity index (χ3v) is 4.31. The molecule has 2 aromatic rings. The highest BCUT2D eigenvalue weighted by Gasteiger charge is 2.21. The molecule has 2 aromatic heterocycles. The van der Waals surface area contributed by atoms with Crippen LogP contribution in [0.15, 0.2) is 18.3 Å². The summed E-state index contributed by atoms with van der Waals surface area (Å²) in [6.07, 6.45) is 1.70. The molecule has 7 heteroatoms. The summed E-state index contributed by atoms with van der Waals surface area (Å²) in [5.41, 5.74) is 4.66. The molecule has 1 fully saturated rings. The van der Waals surface area contributed by atoms with Crippen molar-refractivity contribution in [2.24, 2.45) is 0 Å². The molecule has 3 heterocycles. The first kappa shape index (κ1) is 16.4. The number of carbonyl (C=O) groups excluding carboxylic acids is 1. The van der Waals surface area contributed by atoms with Gasteiger partial charge in [0.1, 0.15) is 5.69 Å². The number of anilines is 1. The lowest BCUT2D eigenvalue weighted by atomic mass is 10.2. The van der Waals surface area contributed by atoms with Crippen LogP contribution in [0.1, 0.15) is 27.4 Å². The van der Waals surface area contributed by atoms with E-state index in [1.807, 2.05) is 13.8 Å². The number of aryl methyl sites for hydroxylation is 2. The van der Waals surface area contributed by atoms with Crippen LogP contribution in [0.2, 0.25) is 0 Å². The van der Waals surface area contributed by atoms with E-state index in [1.165, 1.54) is 12.8 Å².